The molecule has 0 heterocycles. The van der Waals surface area contributed by atoms with Gasteiger partial charge in [-0.1, -0.05) is 55.8 Å². The fraction of sp³-hybridized carbons (Fsp3) is 0.417. The molecule has 0 bridgehead atoms. The normalized spacial score (nSPS) is 12.2. The number of carbonyl (C=O) groups is 2. The van der Waals surface area contributed by atoms with Crippen LogP contribution in [0.1, 0.15) is 37.8 Å². The van der Waals surface area contributed by atoms with E-state index in [4.69, 9.17) is 11.6 Å². The second-order valence-corrected chi connectivity index (χ2v) is 10.3. The molecule has 0 aliphatic heterocycles. The average Bonchev–Trinajstić information content (AvgIpc) is 2.76. The number of nitrogens with zero attached hydrogens (tertiary/aromatic N) is 2. The minimum absolute atomic E-state index is 0.189. The summed E-state index contributed by atoms with van der Waals surface area (Å²) >= 11 is 6.03. The summed E-state index contributed by atoms with van der Waals surface area (Å²) in [7, 11) is -3.78. The van der Waals surface area contributed by atoms with Crippen LogP contribution in [0.3, 0.4) is 0 Å². The Bertz CT molecular complexity index is 1060. The lowest BCUT2D eigenvalue weighted by Crippen LogP contribution is -2.52. The highest BCUT2D eigenvalue weighted by Gasteiger charge is 2.31. The lowest BCUT2D eigenvalue weighted by atomic mass is 10.1. The maximum atomic E-state index is 13.5. The smallest absolute Gasteiger partial charge is 0.244 e. The Balaban J connectivity index is 2.43. The quantitative estimate of drug-likeness (QED) is 0.516. The summed E-state index contributed by atoms with van der Waals surface area (Å²) < 4.78 is 26.4. The van der Waals surface area contributed by atoms with E-state index < -0.39 is 28.5 Å². The molecule has 2 aromatic rings. The predicted octanol–water partition coefficient (Wildman–Crippen LogP) is 3.75. The van der Waals surface area contributed by atoms with Crippen LogP contribution in [0.2, 0.25) is 5.02 Å². The summed E-state index contributed by atoms with van der Waals surface area (Å²) in [6, 6.07) is 13.4. The van der Waals surface area contributed by atoms with Gasteiger partial charge in [-0.15, -0.1) is 0 Å². The number of sulfonamides is 1. The number of hydrogen-bond donors (Lipinski definition) is 1. The van der Waals surface area contributed by atoms with Crippen LogP contribution < -0.4 is 9.62 Å². The Morgan fingerprint density at radius 3 is 2.30 bits per heavy atom. The minimum atomic E-state index is -3.78. The molecule has 0 spiro atoms. The summed E-state index contributed by atoms with van der Waals surface area (Å²) in [6.07, 6.45) is 2.22. The second-order valence-electron chi connectivity index (χ2n) is 7.92. The molecule has 9 heteroatoms. The number of amides is 2. The molecule has 1 atom stereocenters. The molecular weight excluding hydrogens is 462 g/mol. The van der Waals surface area contributed by atoms with E-state index in [9.17, 15) is 18.0 Å². The van der Waals surface area contributed by atoms with E-state index in [0.29, 0.717) is 29.2 Å². The van der Waals surface area contributed by atoms with Crippen LogP contribution in [0.4, 0.5) is 5.69 Å². The highest BCUT2D eigenvalue weighted by Crippen LogP contribution is 2.26. The van der Waals surface area contributed by atoms with Crippen LogP contribution in [0.15, 0.2) is 48.5 Å². The van der Waals surface area contributed by atoms with Gasteiger partial charge in [0.15, 0.2) is 0 Å². The number of anilines is 1. The molecule has 0 aromatic heterocycles. The van der Waals surface area contributed by atoms with Crippen molar-refractivity contribution in [3.63, 3.8) is 0 Å². The largest absolute Gasteiger partial charge is 0.354 e. The van der Waals surface area contributed by atoms with Crippen LogP contribution in [0.25, 0.3) is 0 Å². The first-order valence-corrected chi connectivity index (χ1v) is 13.2. The monoisotopic (exact) mass is 493 g/mol. The van der Waals surface area contributed by atoms with E-state index in [-0.39, 0.29) is 12.5 Å². The van der Waals surface area contributed by atoms with Crippen LogP contribution >= 0.6 is 11.6 Å². The predicted molar refractivity (Wildman–Crippen MR) is 133 cm³/mol. The average molecular weight is 494 g/mol. The van der Waals surface area contributed by atoms with Gasteiger partial charge in [-0.3, -0.25) is 13.9 Å². The molecule has 7 nitrogen and oxygen atoms in total. The number of halogens is 1. The van der Waals surface area contributed by atoms with Gasteiger partial charge in [0.1, 0.15) is 12.6 Å². The lowest BCUT2D eigenvalue weighted by molar-refractivity contribution is -0.140. The standard InChI is InChI=1S/C24H32ClN3O4S/c1-5-14-26-24(30)21(6-2)27(16-19-10-8-7-9-11-19)23(29)17-28(33(4,31)32)22-13-12-20(25)15-18(22)3/h7-13,15,21H,5-6,14,16-17H2,1-4H3,(H,26,30)/t21-/m0/s1. The van der Waals surface area contributed by atoms with Crippen LogP contribution in [-0.4, -0.2) is 50.5 Å². The molecular formula is C24H32ClN3O4S. The Morgan fingerprint density at radius 1 is 1.09 bits per heavy atom. The Hall–Kier alpha value is -2.58. The van der Waals surface area contributed by atoms with Crippen molar-refractivity contribution in [1.29, 1.82) is 0 Å². The highest BCUT2D eigenvalue weighted by molar-refractivity contribution is 7.92. The molecule has 0 aliphatic carbocycles. The van der Waals surface area contributed by atoms with Gasteiger partial charge in [0.2, 0.25) is 21.8 Å². The lowest BCUT2D eigenvalue weighted by Gasteiger charge is -2.33. The third-order valence-corrected chi connectivity index (χ3v) is 6.60. The fourth-order valence-corrected chi connectivity index (χ4v) is 4.69. The Morgan fingerprint density at radius 2 is 1.76 bits per heavy atom. The van der Waals surface area contributed by atoms with Gasteiger partial charge < -0.3 is 10.2 Å². The first-order chi connectivity index (χ1) is 15.6. The topological polar surface area (TPSA) is 86.8 Å². The van der Waals surface area contributed by atoms with Crippen molar-refractivity contribution in [2.24, 2.45) is 0 Å². The minimum Gasteiger partial charge on any atom is -0.354 e. The van der Waals surface area contributed by atoms with Crippen molar-refractivity contribution in [2.45, 2.75) is 46.2 Å². The summed E-state index contributed by atoms with van der Waals surface area (Å²) in [5.41, 5.74) is 1.85. The van der Waals surface area contributed by atoms with Gasteiger partial charge in [0, 0.05) is 18.1 Å². The number of aryl methyl sites for hydroxylation is 1. The number of carbonyl (C=O) groups excluding carboxylic acids is 2. The van der Waals surface area contributed by atoms with Crippen LogP contribution in [-0.2, 0) is 26.2 Å². The molecule has 0 aliphatic rings. The SMILES string of the molecule is CCCNC(=O)[C@H](CC)N(Cc1ccccc1)C(=O)CN(c1ccc(Cl)cc1C)S(C)(=O)=O. The number of nitrogens with one attached hydrogen (secondary N) is 1. The van der Waals surface area contributed by atoms with E-state index in [0.717, 1.165) is 22.5 Å². The maximum Gasteiger partial charge on any atom is 0.244 e. The molecule has 2 aromatic carbocycles. The fourth-order valence-electron chi connectivity index (χ4n) is 3.56. The first-order valence-electron chi connectivity index (χ1n) is 10.9. The molecule has 0 fully saturated rings. The van der Waals surface area contributed by atoms with E-state index in [1.807, 2.05) is 44.2 Å². The second kappa shape index (κ2) is 12.0. The van der Waals surface area contributed by atoms with Gasteiger partial charge in [-0.25, -0.2) is 8.42 Å². The van der Waals surface area contributed by atoms with Gasteiger partial charge in [0.25, 0.3) is 0 Å². The first kappa shape index (κ1) is 26.7. The molecule has 0 saturated heterocycles. The molecule has 180 valence electrons. The van der Waals surface area contributed by atoms with E-state index in [2.05, 4.69) is 5.32 Å². The van der Waals surface area contributed by atoms with Crippen molar-refractivity contribution in [3.8, 4) is 0 Å². The van der Waals surface area contributed by atoms with Crippen LogP contribution in [0.5, 0.6) is 0 Å². The Kier molecular flexibility index (Phi) is 9.73. The molecule has 2 rings (SSSR count). The molecule has 0 radical (unpaired) electrons. The maximum absolute atomic E-state index is 13.5. The summed E-state index contributed by atoms with van der Waals surface area (Å²) in [6.45, 7) is 5.78. The number of rotatable bonds is 11. The van der Waals surface area contributed by atoms with E-state index in [1.165, 1.54) is 4.90 Å². The van der Waals surface area contributed by atoms with Crippen molar-refractivity contribution in [1.82, 2.24) is 10.2 Å². The van der Waals surface area contributed by atoms with Gasteiger partial charge in [-0.05, 0) is 49.1 Å². The Labute approximate surface area is 201 Å². The van der Waals surface area contributed by atoms with E-state index >= 15 is 0 Å². The molecule has 33 heavy (non-hydrogen) atoms. The molecule has 1 N–H and O–H groups in total. The number of benzene rings is 2. The zero-order chi connectivity index (χ0) is 24.6. The van der Waals surface area contributed by atoms with Gasteiger partial charge in [0.05, 0.1) is 11.9 Å². The summed E-state index contributed by atoms with van der Waals surface area (Å²) in [4.78, 5) is 27.9. The van der Waals surface area contributed by atoms with Gasteiger partial charge in [-0.2, -0.15) is 0 Å². The third kappa shape index (κ3) is 7.47. The summed E-state index contributed by atoms with van der Waals surface area (Å²) in [5.74, 6) is -0.714. The van der Waals surface area contributed by atoms with Crippen molar-refractivity contribution in [3.05, 3.63) is 64.7 Å². The zero-order valence-corrected chi connectivity index (χ0v) is 21.1. The molecule has 0 saturated carbocycles. The van der Waals surface area contributed by atoms with Gasteiger partial charge >= 0.3 is 0 Å². The third-order valence-electron chi connectivity index (χ3n) is 5.24. The van der Waals surface area contributed by atoms with Crippen molar-refractivity contribution in [2.75, 3.05) is 23.7 Å². The highest BCUT2D eigenvalue weighted by atomic mass is 35.5. The number of hydrogen-bond acceptors (Lipinski definition) is 4. The van der Waals surface area contributed by atoms with Crippen molar-refractivity contribution < 1.29 is 18.0 Å². The van der Waals surface area contributed by atoms with E-state index in [1.54, 1.807) is 25.1 Å². The molecule has 2 amide bonds. The molecule has 0 unspecified atom stereocenters. The van der Waals surface area contributed by atoms with Crippen molar-refractivity contribution >= 4 is 39.1 Å². The van der Waals surface area contributed by atoms with Crippen LogP contribution in [0, 0.1) is 6.92 Å². The zero-order valence-electron chi connectivity index (χ0n) is 19.5. The summed E-state index contributed by atoms with van der Waals surface area (Å²) in [5, 5.41) is 3.33.